The van der Waals surface area contributed by atoms with Crippen LogP contribution in [0.5, 0.6) is 11.5 Å². The highest BCUT2D eigenvalue weighted by Gasteiger charge is 2.52. The van der Waals surface area contributed by atoms with Crippen LogP contribution in [0.15, 0.2) is 48.5 Å². The molecule has 0 aromatic heterocycles. The molecule has 3 nitrogen and oxygen atoms in total. The van der Waals surface area contributed by atoms with Gasteiger partial charge in [-0.3, -0.25) is 4.79 Å². The maximum Gasteiger partial charge on any atom is 0.180 e. The van der Waals surface area contributed by atoms with Crippen LogP contribution in [0.2, 0.25) is 0 Å². The van der Waals surface area contributed by atoms with E-state index in [0.717, 1.165) is 18.4 Å². The number of rotatable bonds is 5. The zero-order chi connectivity index (χ0) is 14.9. The average molecular weight is 282 g/mol. The standard InChI is InChI=1S/C18H18O3/c1-20-14-9-6-10-15(21-2)16(14)17(19)18(11-12-18)13-7-4-3-5-8-13/h3-10H,11-12H2,1-2H3. The molecule has 0 saturated heterocycles. The van der Waals surface area contributed by atoms with Crippen molar-refractivity contribution in [2.24, 2.45) is 0 Å². The fraction of sp³-hybridized carbons (Fsp3) is 0.278. The van der Waals surface area contributed by atoms with Crippen molar-refractivity contribution in [3.8, 4) is 11.5 Å². The predicted octanol–water partition coefficient (Wildman–Crippen LogP) is 3.62. The van der Waals surface area contributed by atoms with Crippen LogP contribution in [0, 0.1) is 0 Å². The van der Waals surface area contributed by atoms with Gasteiger partial charge < -0.3 is 9.47 Å². The van der Waals surface area contributed by atoms with E-state index in [1.165, 1.54) is 0 Å². The third-order valence-corrected chi connectivity index (χ3v) is 4.17. The minimum Gasteiger partial charge on any atom is -0.496 e. The first-order valence-corrected chi connectivity index (χ1v) is 7.04. The summed E-state index contributed by atoms with van der Waals surface area (Å²) < 4.78 is 10.7. The van der Waals surface area contributed by atoms with Crippen molar-refractivity contribution in [3.63, 3.8) is 0 Å². The van der Waals surface area contributed by atoms with Crippen molar-refractivity contribution in [2.75, 3.05) is 14.2 Å². The number of benzene rings is 2. The second kappa shape index (κ2) is 5.24. The first-order valence-electron chi connectivity index (χ1n) is 7.04. The van der Waals surface area contributed by atoms with Gasteiger partial charge in [0.2, 0.25) is 0 Å². The molecule has 3 heteroatoms. The van der Waals surface area contributed by atoms with Gasteiger partial charge >= 0.3 is 0 Å². The molecule has 0 N–H and O–H groups in total. The van der Waals surface area contributed by atoms with Crippen molar-refractivity contribution >= 4 is 5.78 Å². The number of hydrogen-bond donors (Lipinski definition) is 0. The molecule has 108 valence electrons. The second-order valence-corrected chi connectivity index (χ2v) is 5.31. The monoisotopic (exact) mass is 282 g/mol. The second-order valence-electron chi connectivity index (χ2n) is 5.31. The third-order valence-electron chi connectivity index (χ3n) is 4.17. The van der Waals surface area contributed by atoms with Gasteiger partial charge in [0.15, 0.2) is 5.78 Å². The molecular formula is C18H18O3. The maximum atomic E-state index is 13.1. The Morgan fingerprint density at radius 3 is 1.95 bits per heavy atom. The number of hydrogen-bond acceptors (Lipinski definition) is 3. The molecule has 0 unspecified atom stereocenters. The molecular weight excluding hydrogens is 264 g/mol. The highest BCUT2D eigenvalue weighted by atomic mass is 16.5. The summed E-state index contributed by atoms with van der Waals surface area (Å²) in [5.41, 5.74) is 1.20. The maximum absolute atomic E-state index is 13.1. The van der Waals surface area contributed by atoms with E-state index in [4.69, 9.17) is 9.47 Å². The molecule has 0 amide bonds. The highest BCUT2D eigenvalue weighted by Crippen LogP contribution is 2.52. The molecule has 1 saturated carbocycles. The van der Waals surface area contributed by atoms with E-state index in [0.29, 0.717) is 17.1 Å². The lowest BCUT2D eigenvalue weighted by molar-refractivity contribution is 0.0939. The summed E-state index contributed by atoms with van der Waals surface area (Å²) in [6.07, 6.45) is 1.74. The molecule has 0 heterocycles. The first-order chi connectivity index (χ1) is 10.2. The number of ether oxygens (including phenoxy) is 2. The number of ketones is 1. The first kappa shape index (κ1) is 13.7. The van der Waals surface area contributed by atoms with Gasteiger partial charge in [-0.25, -0.2) is 0 Å². The van der Waals surface area contributed by atoms with Crippen molar-refractivity contribution in [1.29, 1.82) is 0 Å². The molecule has 21 heavy (non-hydrogen) atoms. The van der Waals surface area contributed by atoms with Crippen LogP contribution < -0.4 is 9.47 Å². The Bertz CT molecular complexity index is 635. The van der Waals surface area contributed by atoms with E-state index in [2.05, 4.69) is 0 Å². The molecule has 0 atom stereocenters. The quantitative estimate of drug-likeness (QED) is 0.786. The summed E-state index contributed by atoms with van der Waals surface area (Å²) in [5, 5.41) is 0. The van der Waals surface area contributed by atoms with Gasteiger partial charge in [0.05, 0.1) is 19.6 Å². The average Bonchev–Trinajstić information content (AvgIpc) is 3.36. The summed E-state index contributed by atoms with van der Waals surface area (Å²) in [6, 6.07) is 15.4. The normalized spacial score (nSPS) is 15.3. The molecule has 1 fully saturated rings. The molecule has 1 aliphatic rings. The molecule has 0 spiro atoms. The van der Waals surface area contributed by atoms with Crippen LogP contribution in [0.4, 0.5) is 0 Å². The van der Waals surface area contributed by atoms with Crippen LogP contribution in [-0.2, 0) is 5.41 Å². The van der Waals surface area contributed by atoms with Gasteiger partial charge in [-0.15, -0.1) is 0 Å². The predicted molar refractivity (Wildman–Crippen MR) is 81.2 cm³/mol. The molecule has 2 aromatic rings. The fourth-order valence-corrected chi connectivity index (χ4v) is 2.84. The highest BCUT2D eigenvalue weighted by molar-refractivity contribution is 6.10. The minimum atomic E-state index is -0.414. The molecule has 3 rings (SSSR count). The summed E-state index contributed by atoms with van der Waals surface area (Å²) in [5.74, 6) is 1.23. The summed E-state index contributed by atoms with van der Waals surface area (Å²) in [4.78, 5) is 13.1. The van der Waals surface area contributed by atoms with E-state index in [1.807, 2.05) is 36.4 Å². The van der Waals surface area contributed by atoms with E-state index in [9.17, 15) is 4.79 Å². The zero-order valence-electron chi connectivity index (χ0n) is 12.3. The number of methoxy groups -OCH3 is 2. The van der Waals surface area contributed by atoms with Gasteiger partial charge in [-0.05, 0) is 30.5 Å². The third kappa shape index (κ3) is 2.19. The minimum absolute atomic E-state index is 0.0861. The van der Waals surface area contributed by atoms with Crippen molar-refractivity contribution in [3.05, 3.63) is 59.7 Å². The largest absolute Gasteiger partial charge is 0.496 e. The summed E-state index contributed by atoms with van der Waals surface area (Å²) >= 11 is 0. The molecule has 2 aromatic carbocycles. The Morgan fingerprint density at radius 2 is 1.48 bits per heavy atom. The fourth-order valence-electron chi connectivity index (χ4n) is 2.84. The van der Waals surface area contributed by atoms with Gasteiger partial charge in [-0.2, -0.15) is 0 Å². The molecule has 0 aliphatic heterocycles. The molecule has 0 radical (unpaired) electrons. The molecule has 0 bridgehead atoms. The van der Waals surface area contributed by atoms with Crippen LogP contribution in [0.3, 0.4) is 0 Å². The van der Waals surface area contributed by atoms with E-state index < -0.39 is 5.41 Å². The Kier molecular flexibility index (Phi) is 3.42. The van der Waals surface area contributed by atoms with Gasteiger partial charge in [-0.1, -0.05) is 36.4 Å². The smallest absolute Gasteiger partial charge is 0.180 e. The lowest BCUT2D eigenvalue weighted by atomic mass is 9.87. The van der Waals surface area contributed by atoms with Crippen LogP contribution >= 0.6 is 0 Å². The van der Waals surface area contributed by atoms with E-state index in [1.54, 1.807) is 26.4 Å². The van der Waals surface area contributed by atoms with Crippen molar-refractivity contribution < 1.29 is 14.3 Å². The van der Waals surface area contributed by atoms with E-state index in [-0.39, 0.29) is 5.78 Å². The number of carbonyl (C=O) groups excluding carboxylic acids is 1. The van der Waals surface area contributed by atoms with E-state index >= 15 is 0 Å². The number of carbonyl (C=O) groups is 1. The summed E-state index contributed by atoms with van der Waals surface area (Å²) in [7, 11) is 3.15. The van der Waals surface area contributed by atoms with Crippen LogP contribution in [0.25, 0.3) is 0 Å². The zero-order valence-corrected chi connectivity index (χ0v) is 12.3. The van der Waals surface area contributed by atoms with Crippen LogP contribution in [-0.4, -0.2) is 20.0 Å². The number of Topliss-reactive ketones (excluding diaryl/α,β-unsaturated/α-hetero) is 1. The van der Waals surface area contributed by atoms with Gasteiger partial charge in [0, 0.05) is 0 Å². The summed E-state index contributed by atoms with van der Waals surface area (Å²) in [6.45, 7) is 0. The Morgan fingerprint density at radius 1 is 0.905 bits per heavy atom. The SMILES string of the molecule is COc1cccc(OC)c1C(=O)C1(c2ccccc2)CC1. The Balaban J connectivity index is 2.08. The molecule has 1 aliphatic carbocycles. The van der Waals surface area contributed by atoms with Crippen molar-refractivity contribution in [2.45, 2.75) is 18.3 Å². The van der Waals surface area contributed by atoms with Gasteiger partial charge in [0.25, 0.3) is 0 Å². The topological polar surface area (TPSA) is 35.5 Å². The van der Waals surface area contributed by atoms with Crippen molar-refractivity contribution in [1.82, 2.24) is 0 Å². The Labute approximate surface area is 124 Å². The lowest BCUT2D eigenvalue weighted by Crippen LogP contribution is -2.22. The lowest BCUT2D eigenvalue weighted by Gasteiger charge is -2.18. The van der Waals surface area contributed by atoms with Crippen LogP contribution in [0.1, 0.15) is 28.8 Å². The Hall–Kier alpha value is -2.29. The van der Waals surface area contributed by atoms with Gasteiger partial charge in [0.1, 0.15) is 17.1 Å².